The lowest BCUT2D eigenvalue weighted by Crippen LogP contribution is -2.21. The lowest BCUT2D eigenvalue weighted by molar-refractivity contribution is -0.120. The number of carbonyl (C=O) groups is 1. The van der Waals surface area contributed by atoms with Crippen LogP contribution in [0.1, 0.15) is 52.8 Å². The van der Waals surface area contributed by atoms with Crippen molar-refractivity contribution >= 4 is 17.6 Å². The normalized spacial score (nSPS) is 15.6. The van der Waals surface area contributed by atoms with Gasteiger partial charge in [0.1, 0.15) is 29.3 Å². The Hall–Kier alpha value is -2.90. The van der Waals surface area contributed by atoms with Gasteiger partial charge in [0, 0.05) is 26.4 Å². The highest BCUT2D eigenvalue weighted by Gasteiger charge is 2.24. The van der Waals surface area contributed by atoms with Gasteiger partial charge in [-0.05, 0) is 42.0 Å². The fourth-order valence-corrected chi connectivity index (χ4v) is 3.57. The number of carbonyl (C=O) groups excluding carboxylic acids is 1. The SMILES string of the molecule is CNC(=O)CCn1c(Cc2cc3c(cc2C)CCC3F)nc(C(=N)N)c1N. The summed E-state index contributed by atoms with van der Waals surface area (Å²) >= 11 is 0. The number of amides is 1. The second kappa shape index (κ2) is 7.38. The summed E-state index contributed by atoms with van der Waals surface area (Å²) in [7, 11) is 1.57. The standard InChI is InChI=1S/C19H25FN6O/c1-10-7-11-3-4-14(20)13(11)8-12(10)9-15-25-17(18(21)22)19(23)26(15)6-5-16(27)24-2/h7-8,14H,3-6,9,23H2,1-2H3,(H3,21,22)(H,24,27). The number of alkyl halides is 1. The van der Waals surface area contributed by atoms with Crippen LogP contribution in [0.15, 0.2) is 12.1 Å². The zero-order chi connectivity index (χ0) is 19.7. The van der Waals surface area contributed by atoms with Crippen molar-refractivity contribution in [2.75, 3.05) is 12.8 Å². The topological polar surface area (TPSA) is 123 Å². The molecule has 0 saturated heterocycles. The van der Waals surface area contributed by atoms with Crippen LogP contribution in [-0.4, -0.2) is 28.3 Å². The van der Waals surface area contributed by atoms with Gasteiger partial charge < -0.3 is 21.4 Å². The Morgan fingerprint density at radius 3 is 2.89 bits per heavy atom. The zero-order valence-corrected chi connectivity index (χ0v) is 15.6. The molecule has 2 aromatic rings. The summed E-state index contributed by atoms with van der Waals surface area (Å²) < 4.78 is 15.9. The number of hydrogen-bond acceptors (Lipinski definition) is 4. The van der Waals surface area contributed by atoms with Gasteiger partial charge in [0.2, 0.25) is 5.91 Å². The maximum Gasteiger partial charge on any atom is 0.221 e. The number of nitrogens with two attached hydrogens (primary N) is 2. The molecular formula is C19H25FN6O. The van der Waals surface area contributed by atoms with Crippen LogP contribution in [0.3, 0.4) is 0 Å². The predicted octanol–water partition coefficient (Wildman–Crippen LogP) is 1.74. The number of benzene rings is 1. The molecule has 1 aromatic heterocycles. The molecular weight excluding hydrogens is 347 g/mol. The van der Waals surface area contributed by atoms with E-state index in [1.165, 1.54) is 0 Å². The number of halogens is 1. The fraction of sp³-hybridized carbons (Fsp3) is 0.421. The molecule has 1 aliphatic carbocycles. The molecule has 8 heteroatoms. The van der Waals surface area contributed by atoms with Crippen LogP contribution in [0.2, 0.25) is 0 Å². The smallest absolute Gasteiger partial charge is 0.221 e. The largest absolute Gasteiger partial charge is 0.383 e. The number of fused-ring (bicyclic) bond motifs is 1. The number of nitrogens with one attached hydrogen (secondary N) is 2. The lowest BCUT2D eigenvalue weighted by atomic mass is 9.98. The highest BCUT2D eigenvalue weighted by molar-refractivity contribution is 5.97. The van der Waals surface area contributed by atoms with E-state index < -0.39 is 6.17 Å². The highest BCUT2D eigenvalue weighted by Crippen LogP contribution is 2.36. The Labute approximate surface area is 157 Å². The van der Waals surface area contributed by atoms with E-state index in [0.717, 1.165) is 28.7 Å². The quantitative estimate of drug-likeness (QED) is 0.455. The molecule has 1 atom stereocenters. The van der Waals surface area contributed by atoms with Crippen molar-refractivity contribution in [2.24, 2.45) is 5.73 Å². The van der Waals surface area contributed by atoms with Crippen molar-refractivity contribution in [1.29, 1.82) is 5.41 Å². The maximum absolute atomic E-state index is 14.1. The van der Waals surface area contributed by atoms with Gasteiger partial charge >= 0.3 is 0 Å². The molecule has 7 nitrogen and oxygen atoms in total. The van der Waals surface area contributed by atoms with E-state index in [1.807, 2.05) is 19.1 Å². The number of aryl methyl sites for hydroxylation is 2. The van der Waals surface area contributed by atoms with Crippen molar-refractivity contribution in [3.8, 4) is 0 Å². The molecule has 1 aliphatic rings. The third-order valence-corrected chi connectivity index (χ3v) is 5.13. The van der Waals surface area contributed by atoms with Crippen molar-refractivity contribution in [1.82, 2.24) is 14.9 Å². The van der Waals surface area contributed by atoms with E-state index >= 15 is 0 Å². The van der Waals surface area contributed by atoms with Gasteiger partial charge in [-0.3, -0.25) is 10.2 Å². The third-order valence-electron chi connectivity index (χ3n) is 5.13. The number of hydrogen-bond donors (Lipinski definition) is 4. The minimum atomic E-state index is -0.926. The van der Waals surface area contributed by atoms with Crippen molar-refractivity contribution < 1.29 is 9.18 Å². The van der Waals surface area contributed by atoms with Gasteiger partial charge in [0.15, 0.2) is 0 Å². The number of amidine groups is 1. The first-order valence-electron chi connectivity index (χ1n) is 8.98. The monoisotopic (exact) mass is 372 g/mol. The molecule has 0 spiro atoms. The Kier molecular flexibility index (Phi) is 5.16. The van der Waals surface area contributed by atoms with E-state index in [-0.39, 0.29) is 29.7 Å². The third kappa shape index (κ3) is 3.65. The first-order chi connectivity index (χ1) is 12.8. The Bertz CT molecular complexity index is 904. The first kappa shape index (κ1) is 18.9. The number of imidazole rings is 1. The van der Waals surface area contributed by atoms with E-state index in [4.69, 9.17) is 16.9 Å². The minimum Gasteiger partial charge on any atom is -0.383 e. The molecule has 144 valence electrons. The van der Waals surface area contributed by atoms with Crippen LogP contribution in [0.25, 0.3) is 0 Å². The van der Waals surface area contributed by atoms with Crippen LogP contribution in [-0.2, 0) is 24.2 Å². The van der Waals surface area contributed by atoms with Gasteiger partial charge in [-0.25, -0.2) is 9.37 Å². The number of nitrogens with zero attached hydrogens (tertiary/aromatic N) is 2. The Morgan fingerprint density at radius 1 is 1.48 bits per heavy atom. The molecule has 0 saturated carbocycles. The summed E-state index contributed by atoms with van der Waals surface area (Å²) in [6.45, 7) is 2.32. The van der Waals surface area contributed by atoms with Crippen molar-refractivity contribution in [3.63, 3.8) is 0 Å². The van der Waals surface area contributed by atoms with E-state index in [2.05, 4.69) is 10.3 Å². The number of rotatable bonds is 6. The van der Waals surface area contributed by atoms with Crippen LogP contribution in [0.4, 0.5) is 10.2 Å². The van der Waals surface area contributed by atoms with E-state index in [0.29, 0.717) is 25.2 Å². The average molecular weight is 372 g/mol. The number of nitrogen functional groups attached to an aromatic ring is 2. The van der Waals surface area contributed by atoms with Crippen molar-refractivity contribution in [3.05, 3.63) is 45.9 Å². The van der Waals surface area contributed by atoms with Crippen LogP contribution in [0.5, 0.6) is 0 Å². The zero-order valence-electron chi connectivity index (χ0n) is 15.6. The van der Waals surface area contributed by atoms with Gasteiger partial charge in [-0.2, -0.15) is 0 Å². The summed E-state index contributed by atoms with van der Waals surface area (Å²) in [5.41, 5.74) is 15.8. The predicted molar refractivity (Wildman–Crippen MR) is 102 cm³/mol. The molecule has 0 radical (unpaired) electrons. The lowest BCUT2D eigenvalue weighted by Gasteiger charge is -2.13. The minimum absolute atomic E-state index is 0.118. The molecule has 1 aromatic carbocycles. The summed E-state index contributed by atoms with van der Waals surface area (Å²) in [6, 6.07) is 3.95. The van der Waals surface area contributed by atoms with Crippen LogP contribution in [0, 0.1) is 12.3 Å². The summed E-state index contributed by atoms with van der Waals surface area (Å²) in [6.07, 6.45) is 1.03. The summed E-state index contributed by atoms with van der Waals surface area (Å²) in [5.74, 6) is 0.538. The maximum atomic E-state index is 14.1. The summed E-state index contributed by atoms with van der Waals surface area (Å²) in [5, 5.41) is 10.3. The molecule has 1 amide bonds. The molecule has 1 heterocycles. The number of aromatic nitrogens is 2. The average Bonchev–Trinajstić information content (AvgIpc) is 3.13. The molecule has 0 bridgehead atoms. The number of anilines is 1. The van der Waals surface area contributed by atoms with Gasteiger partial charge in [0.25, 0.3) is 0 Å². The van der Waals surface area contributed by atoms with Crippen molar-refractivity contribution in [2.45, 2.75) is 45.3 Å². The van der Waals surface area contributed by atoms with Gasteiger partial charge in [0.05, 0.1) is 0 Å². The van der Waals surface area contributed by atoms with E-state index in [1.54, 1.807) is 11.6 Å². The van der Waals surface area contributed by atoms with Crippen LogP contribution >= 0.6 is 0 Å². The van der Waals surface area contributed by atoms with Crippen LogP contribution < -0.4 is 16.8 Å². The van der Waals surface area contributed by atoms with Gasteiger partial charge in [-0.15, -0.1) is 0 Å². The molecule has 27 heavy (non-hydrogen) atoms. The molecule has 0 fully saturated rings. The molecule has 3 rings (SSSR count). The Balaban J connectivity index is 1.96. The molecule has 1 unspecified atom stereocenters. The van der Waals surface area contributed by atoms with Gasteiger partial charge in [-0.1, -0.05) is 12.1 Å². The second-order valence-electron chi connectivity index (χ2n) is 6.91. The Morgan fingerprint density at radius 2 is 2.22 bits per heavy atom. The second-order valence-corrected chi connectivity index (χ2v) is 6.91. The van der Waals surface area contributed by atoms with E-state index in [9.17, 15) is 9.18 Å². The first-order valence-corrected chi connectivity index (χ1v) is 8.98. The molecule has 6 N–H and O–H groups in total. The molecule has 0 aliphatic heterocycles. The fourth-order valence-electron chi connectivity index (χ4n) is 3.57. The highest BCUT2D eigenvalue weighted by atomic mass is 19.1. The summed E-state index contributed by atoms with van der Waals surface area (Å²) in [4.78, 5) is 16.1.